The Morgan fingerprint density at radius 3 is 2.63 bits per heavy atom. The molecule has 0 aliphatic carbocycles. The van der Waals surface area contributed by atoms with Gasteiger partial charge in [-0.05, 0) is 48.9 Å². The third-order valence-electron chi connectivity index (χ3n) is 5.54. The molecule has 0 spiro atoms. The van der Waals surface area contributed by atoms with Crippen LogP contribution in [-0.2, 0) is 0 Å². The number of urea groups is 1. The third-order valence-corrected chi connectivity index (χ3v) is 5.54. The second-order valence-corrected chi connectivity index (χ2v) is 7.61. The van der Waals surface area contributed by atoms with Gasteiger partial charge in [-0.3, -0.25) is 0 Å². The van der Waals surface area contributed by atoms with Crippen LogP contribution in [0.2, 0.25) is 0 Å². The summed E-state index contributed by atoms with van der Waals surface area (Å²) >= 11 is 0. The highest BCUT2D eigenvalue weighted by molar-refractivity contribution is 5.90. The van der Waals surface area contributed by atoms with Crippen molar-refractivity contribution in [1.29, 1.82) is 0 Å². The normalized spacial score (nSPS) is 14.5. The number of carbonyl (C=O) groups is 1. The smallest absolute Gasteiger partial charge is 0.321 e. The first-order chi connectivity index (χ1) is 14.6. The molecule has 5 rings (SSSR count). The first-order valence-electron chi connectivity index (χ1n) is 10.0. The maximum Gasteiger partial charge on any atom is 0.321 e. The molecule has 0 radical (unpaired) electrons. The Labute approximate surface area is 173 Å². The average Bonchev–Trinajstić information content (AvgIpc) is 3.23. The van der Waals surface area contributed by atoms with Gasteiger partial charge in [-0.15, -0.1) is 0 Å². The standard InChI is InChI=1S/C23H22FN5O/c1-16-4-2-5-18(14-16)25-23(30)28-12-10-27(11-13-28)22-21-6-3-9-29(21)20-8-7-17(24)15-19(20)26-22/h2-9,14-15H,10-13H2,1H3,(H,25,30). The highest BCUT2D eigenvalue weighted by Gasteiger charge is 2.24. The van der Waals surface area contributed by atoms with Crippen LogP contribution in [0.1, 0.15) is 5.56 Å². The van der Waals surface area contributed by atoms with Crippen molar-refractivity contribution in [1.82, 2.24) is 14.3 Å². The largest absolute Gasteiger partial charge is 0.351 e. The predicted molar refractivity (Wildman–Crippen MR) is 117 cm³/mol. The van der Waals surface area contributed by atoms with Crippen molar-refractivity contribution in [2.45, 2.75) is 6.92 Å². The first kappa shape index (κ1) is 18.4. The number of rotatable bonds is 2. The summed E-state index contributed by atoms with van der Waals surface area (Å²) in [4.78, 5) is 21.4. The van der Waals surface area contributed by atoms with Crippen LogP contribution in [0.3, 0.4) is 0 Å². The van der Waals surface area contributed by atoms with Gasteiger partial charge in [-0.2, -0.15) is 0 Å². The van der Waals surface area contributed by atoms with Gasteiger partial charge in [0.25, 0.3) is 0 Å². The Bertz CT molecular complexity index is 1240. The van der Waals surface area contributed by atoms with E-state index in [0.717, 1.165) is 28.1 Å². The van der Waals surface area contributed by atoms with Gasteiger partial charge in [0, 0.05) is 44.1 Å². The minimum atomic E-state index is -0.301. The molecule has 6 nitrogen and oxygen atoms in total. The molecular weight excluding hydrogens is 381 g/mol. The molecule has 1 fully saturated rings. The Hall–Kier alpha value is -3.61. The van der Waals surface area contributed by atoms with Gasteiger partial charge in [0.1, 0.15) is 5.82 Å². The molecule has 7 heteroatoms. The number of amides is 2. The Morgan fingerprint density at radius 2 is 1.83 bits per heavy atom. The number of nitrogens with zero attached hydrogens (tertiary/aromatic N) is 4. The van der Waals surface area contributed by atoms with Crippen molar-refractivity contribution in [3.8, 4) is 0 Å². The average molecular weight is 403 g/mol. The summed E-state index contributed by atoms with van der Waals surface area (Å²) in [6, 6.07) is 16.3. The molecule has 1 saturated heterocycles. The van der Waals surface area contributed by atoms with Gasteiger partial charge in [0.05, 0.1) is 16.6 Å². The van der Waals surface area contributed by atoms with E-state index >= 15 is 0 Å². The molecule has 1 aliphatic rings. The van der Waals surface area contributed by atoms with Crippen molar-refractivity contribution in [2.75, 3.05) is 36.4 Å². The topological polar surface area (TPSA) is 52.9 Å². The molecular formula is C23H22FN5O. The van der Waals surface area contributed by atoms with E-state index in [1.807, 2.05) is 58.8 Å². The van der Waals surface area contributed by atoms with Crippen molar-refractivity contribution in [3.63, 3.8) is 0 Å². The highest BCUT2D eigenvalue weighted by Crippen LogP contribution is 2.26. The zero-order valence-electron chi connectivity index (χ0n) is 16.7. The van der Waals surface area contributed by atoms with Crippen molar-refractivity contribution in [3.05, 3.63) is 72.2 Å². The predicted octanol–water partition coefficient (Wildman–Crippen LogP) is 4.29. The van der Waals surface area contributed by atoms with Crippen LogP contribution in [0.25, 0.3) is 16.6 Å². The molecule has 3 heterocycles. The molecule has 1 N–H and O–H groups in total. The van der Waals surface area contributed by atoms with Crippen LogP contribution >= 0.6 is 0 Å². The Kier molecular flexibility index (Phi) is 4.50. The molecule has 30 heavy (non-hydrogen) atoms. The molecule has 2 aromatic carbocycles. The van der Waals surface area contributed by atoms with Crippen LogP contribution in [0.15, 0.2) is 60.8 Å². The number of hydrogen-bond acceptors (Lipinski definition) is 3. The quantitative estimate of drug-likeness (QED) is 0.543. The first-order valence-corrected chi connectivity index (χ1v) is 10.0. The number of anilines is 2. The van der Waals surface area contributed by atoms with Crippen molar-refractivity contribution >= 4 is 34.1 Å². The van der Waals surface area contributed by atoms with Gasteiger partial charge in [-0.1, -0.05) is 12.1 Å². The van der Waals surface area contributed by atoms with Crippen LogP contribution in [0.4, 0.5) is 20.7 Å². The number of benzene rings is 2. The summed E-state index contributed by atoms with van der Waals surface area (Å²) in [5.41, 5.74) is 4.37. The van der Waals surface area contributed by atoms with Crippen LogP contribution in [-0.4, -0.2) is 46.5 Å². The maximum absolute atomic E-state index is 13.8. The molecule has 0 unspecified atom stereocenters. The van der Waals surface area contributed by atoms with E-state index in [-0.39, 0.29) is 11.8 Å². The number of hydrogen-bond donors (Lipinski definition) is 1. The van der Waals surface area contributed by atoms with E-state index in [2.05, 4.69) is 10.2 Å². The minimum Gasteiger partial charge on any atom is -0.351 e. The van der Waals surface area contributed by atoms with Crippen LogP contribution in [0.5, 0.6) is 0 Å². The SMILES string of the molecule is Cc1cccc(NC(=O)N2CCN(c3nc4cc(F)ccc4n4cccc34)CC2)c1. The van der Waals surface area contributed by atoms with Gasteiger partial charge in [0.2, 0.25) is 0 Å². The molecule has 0 atom stereocenters. The summed E-state index contributed by atoms with van der Waals surface area (Å²) in [7, 11) is 0. The molecule has 1 aliphatic heterocycles. The maximum atomic E-state index is 13.8. The molecule has 2 amide bonds. The lowest BCUT2D eigenvalue weighted by Crippen LogP contribution is -2.50. The summed E-state index contributed by atoms with van der Waals surface area (Å²) in [5, 5.41) is 2.97. The lowest BCUT2D eigenvalue weighted by atomic mass is 10.2. The van der Waals surface area contributed by atoms with E-state index in [0.29, 0.717) is 31.7 Å². The third kappa shape index (κ3) is 3.32. The van der Waals surface area contributed by atoms with Gasteiger partial charge in [0.15, 0.2) is 5.82 Å². The Morgan fingerprint density at radius 1 is 1.00 bits per heavy atom. The van der Waals surface area contributed by atoms with Crippen LogP contribution < -0.4 is 10.2 Å². The fraction of sp³-hybridized carbons (Fsp3) is 0.217. The number of nitrogens with one attached hydrogen (secondary N) is 1. The van der Waals surface area contributed by atoms with E-state index in [9.17, 15) is 9.18 Å². The zero-order valence-corrected chi connectivity index (χ0v) is 16.7. The van der Waals surface area contributed by atoms with Gasteiger partial charge >= 0.3 is 6.03 Å². The zero-order chi connectivity index (χ0) is 20.7. The van der Waals surface area contributed by atoms with E-state index in [4.69, 9.17) is 4.98 Å². The van der Waals surface area contributed by atoms with Crippen molar-refractivity contribution < 1.29 is 9.18 Å². The van der Waals surface area contributed by atoms with E-state index < -0.39 is 0 Å². The summed E-state index contributed by atoms with van der Waals surface area (Å²) in [6.45, 7) is 4.51. The summed E-state index contributed by atoms with van der Waals surface area (Å²) in [6.07, 6.45) is 1.96. The lowest BCUT2D eigenvalue weighted by molar-refractivity contribution is 0.208. The van der Waals surface area contributed by atoms with Gasteiger partial charge in [-0.25, -0.2) is 14.2 Å². The lowest BCUT2D eigenvalue weighted by Gasteiger charge is -2.35. The number of aromatic nitrogens is 2. The summed E-state index contributed by atoms with van der Waals surface area (Å²) in [5.74, 6) is 0.516. The van der Waals surface area contributed by atoms with Crippen LogP contribution in [0, 0.1) is 12.7 Å². The fourth-order valence-electron chi connectivity index (χ4n) is 4.01. The fourth-order valence-corrected chi connectivity index (χ4v) is 4.01. The molecule has 2 aromatic heterocycles. The molecule has 0 bridgehead atoms. The van der Waals surface area contributed by atoms with E-state index in [1.54, 1.807) is 6.07 Å². The molecule has 0 saturated carbocycles. The number of carbonyl (C=O) groups excluding carboxylic acids is 1. The number of halogens is 1. The number of piperazine rings is 1. The minimum absolute atomic E-state index is 0.0957. The Balaban J connectivity index is 1.35. The second kappa shape index (κ2) is 7.33. The van der Waals surface area contributed by atoms with Crippen molar-refractivity contribution in [2.24, 2.45) is 0 Å². The monoisotopic (exact) mass is 403 g/mol. The summed E-state index contributed by atoms with van der Waals surface area (Å²) < 4.78 is 15.8. The molecule has 4 aromatic rings. The highest BCUT2D eigenvalue weighted by atomic mass is 19.1. The second-order valence-electron chi connectivity index (χ2n) is 7.61. The number of aryl methyl sites for hydroxylation is 1. The molecule has 152 valence electrons. The van der Waals surface area contributed by atoms with E-state index in [1.165, 1.54) is 12.1 Å². The number of fused-ring (bicyclic) bond motifs is 3. The van der Waals surface area contributed by atoms with Gasteiger partial charge < -0.3 is 19.5 Å².